The lowest BCUT2D eigenvalue weighted by Gasteiger charge is -2.13. The van der Waals surface area contributed by atoms with Gasteiger partial charge in [0.25, 0.3) is 0 Å². The number of rotatable bonds is 6. The molecule has 1 heterocycles. The molecule has 0 saturated heterocycles. The molecule has 22 heavy (non-hydrogen) atoms. The lowest BCUT2D eigenvalue weighted by molar-refractivity contribution is 0.469. The normalized spacial score (nSPS) is 12.6. The van der Waals surface area contributed by atoms with Crippen molar-refractivity contribution < 1.29 is 0 Å². The molecule has 0 saturated carbocycles. The highest BCUT2D eigenvalue weighted by Crippen LogP contribution is 2.25. The van der Waals surface area contributed by atoms with Crippen LogP contribution in [0.2, 0.25) is 0 Å². The van der Waals surface area contributed by atoms with Gasteiger partial charge in [-0.1, -0.05) is 50.6 Å². The van der Waals surface area contributed by atoms with E-state index in [-0.39, 0.29) is 0 Å². The second kappa shape index (κ2) is 7.01. The van der Waals surface area contributed by atoms with Gasteiger partial charge in [0.05, 0.1) is 16.8 Å². The zero-order valence-corrected chi connectivity index (χ0v) is 14.0. The molecule has 1 unspecified atom stereocenters. The number of nitrogens with zero attached hydrogens (tertiary/aromatic N) is 2. The zero-order valence-electron chi connectivity index (χ0n) is 13.2. The third-order valence-electron chi connectivity index (χ3n) is 4.04. The summed E-state index contributed by atoms with van der Waals surface area (Å²) < 4.78 is 2.40. The molecule has 2 aromatic carbocycles. The number of hydrogen-bond donors (Lipinski definition) is 0. The molecule has 0 spiro atoms. The number of hydrogen-bond acceptors (Lipinski definition) is 2. The van der Waals surface area contributed by atoms with E-state index in [1.165, 1.54) is 22.7 Å². The van der Waals surface area contributed by atoms with Gasteiger partial charge in [-0.25, -0.2) is 4.98 Å². The Balaban J connectivity index is 1.88. The smallest absolute Gasteiger partial charge is 0.120 e. The zero-order chi connectivity index (χ0) is 15.4. The van der Waals surface area contributed by atoms with Crippen LogP contribution in [0.4, 0.5) is 0 Å². The summed E-state index contributed by atoms with van der Waals surface area (Å²) in [4.78, 5) is 6.15. The van der Waals surface area contributed by atoms with Crippen LogP contribution in [0, 0.1) is 5.92 Å². The molecular weight excluding hydrogens is 288 g/mol. The standard InChI is InChI=1S/C19H22N2S/c1-3-15(2)13-21-18-12-8-7-11-17(18)20-19(21)14-22-16-9-5-4-6-10-16/h4-12,15H,3,13-14H2,1-2H3. The van der Waals surface area contributed by atoms with Gasteiger partial charge in [0, 0.05) is 11.4 Å². The quantitative estimate of drug-likeness (QED) is 0.569. The van der Waals surface area contributed by atoms with E-state index in [1.54, 1.807) is 0 Å². The fraction of sp³-hybridized carbons (Fsp3) is 0.316. The lowest BCUT2D eigenvalue weighted by atomic mass is 10.1. The molecule has 114 valence electrons. The van der Waals surface area contributed by atoms with Crippen molar-refractivity contribution in [2.24, 2.45) is 5.92 Å². The predicted octanol–water partition coefficient (Wildman–Crippen LogP) is 5.37. The Morgan fingerprint density at radius 3 is 2.55 bits per heavy atom. The largest absolute Gasteiger partial charge is 0.327 e. The number of thioether (sulfide) groups is 1. The number of benzene rings is 2. The van der Waals surface area contributed by atoms with Crippen molar-refractivity contribution in [2.45, 2.75) is 37.5 Å². The molecule has 0 fully saturated rings. The molecule has 1 atom stereocenters. The lowest BCUT2D eigenvalue weighted by Crippen LogP contribution is -2.09. The molecule has 0 amide bonds. The van der Waals surface area contributed by atoms with Crippen molar-refractivity contribution in [1.82, 2.24) is 9.55 Å². The molecule has 3 heteroatoms. The summed E-state index contributed by atoms with van der Waals surface area (Å²) in [7, 11) is 0. The Kier molecular flexibility index (Phi) is 4.84. The highest BCUT2D eigenvalue weighted by atomic mass is 32.2. The highest BCUT2D eigenvalue weighted by molar-refractivity contribution is 7.98. The summed E-state index contributed by atoms with van der Waals surface area (Å²) in [5.41, 5.74) is 2.36. The first-order chi connectivity index (χ1) is 10.8. The molecule has 0 radical (unpaired) electrons. The van der Waals surface area contributed by atoms with E-state index in [0.717, 1.165) is 17.8 Å². The van der Waals surface area contributed by atoms with Crippen LogP contribution < -0.4 is 0 Å². The topological polar surface area (TPSA) is 17.8 Å². The van der Waals surface area contributed by atoms with Crippen molar-refractivity contribution >= 4 is 22.8 Å². The van der Waals surface area contributed by atoms with E-state index in [1.807, 2.05) is 11.8 Å². The summed E-state index contributed by atoms with van der Waals surface area (Å²) >= 11 is 1.85. The summed E-state index contributed by atoms with van der Waals surface area (Å²) in [6.07, 6.45) is 1.19. The van der Waals surface area contributed by atoms with E-state index in [2.05, 4.69) is 73.0 Å². The van der Waals surface area contributed by atoms with Crippen molar-refractivity contribution in [2.75, 3.05) is 0 Å². The van der Waals surface area contributed by atoms with E-state index in [4.69, 9.17) is 4.98 Å². The fourth-order valence-electron chi connectivity index (χ4n) is 2.54. The predicted molar refractivity (Wildman–Crippen MR) is 95.2 cm³/mol. The molecule has 0 aliphatic carbocycles. The Bertz CT molecular complexity index is 734. The average Bonchev–Trinajstić information content (AvgIpc) is 2.91. The Labute approximate surface area is 136 Å². The van der Waals surface area contributed by atoms with Crippen LogP contribution in [-0.2, 0) is 12.3 Å². The van der Waals surface area contributed by atoms with Gasteiger partial charge in [-0.3, -0.25) is 0 Å². The van der Waals surface area contributed by atoms with E-state index >= 15 is 0 Å². The maximum Gasteiger partial charge on any atom is 0.120 e. The van der Waals surface area contributed by atoms with Gasteiger partial charge in [0.15, 0.2) is 0 Å². The number of fused-ring (bicyclic) bond motifs is 1. The third kappa shape index (κ3) is 3.36. The molecular formula is C19H22N2S. The van der Waals surface area contributed by atoms with Gasteiger partial charge in [-0.15, -0.1) is 11.8 Å². The van der Waals surface area contributed by atoms with E-state index < -0.39 is 0 Å². The van der Waals surface area contributed by atoms with Crippen LogP contribution in [0.3, 0.4) is 0 Å². The highest BCUT2D eigenvalue weighted by Gasteiger charge is 2.12. The van der Waals surface area contributed by atoms with Crippen LogP contribution in [0.1, 0.15) is 26.1 Å². The van der Waals surface area contributed by atoms with Crippen molar-refractivity contribution in [3.8, 4) is 0 Å². The van der Waals surface area contributed by atoms with Crippen LogP contribution in [-0.4, -0.2) is 9.55 Å². The SMILES string of the molecule is CCC(C)Cn1c(CSc2ccccc2)nc2ccccc21. The second-order valence-electron chi connectivity index (χ2n) is 5.74. The van der Waals surface area contributed by atoms with Gasteiger partial charge in [-0.05, 0) is 30.2 Å². The maximum atomic E-state index is 4.86. The summed E-state index contributed by atoms with van der Waals surface area (Å²) in [6, 6.07) is 19.0. The minimum absolute atomic E-state index is 0.665. The van der Waals surface area contributed by atoms with Crippen molar-refractivity contribution in [3.63, 3.8) is 0 Å². The number of imidazole rings is 1. The molecule has 2 nitrogen and oxygen atoms in total. The first kappa shape index (κ1) is 15.2. The second-order valence-corrected chi connectivity index (χ2v) is 6.79. The van der Waals surface area contributed by atoms with Crippen molar-refractivity contribution in [1.29, 1.82) is 0 Å². The average molecular weight is 310 g/mol. The van der Waals surface area contributed by atoms with Gasteiger partial charge in [0.2, 0.25) is 0 Å². The third-order valence-corrected chi connectivity index (χ3v) is 5.04. The summed E-state index contributed by atoms with van der Waals surface area (Å²) in [5, 5.41) is 0. The molecule has 0 aliphatic heterocycles. The van der Waals surface area contributed by atoms with E-state index in [0.29, 0.717) is 5.92 Å². The van der Waals surface area contributed by atoms with Crippen LogP contribution in [0.5, 0.6) is 0 Å². The van der Waals surface area contributed by atoms with Crippen molar-refractivity contribution in [3.05, 3.63) is 60.4 Å². The van der Waals surface area contributed by atoms with Gasteiger partial charge < -0.3 is 4.57 Å². The number of para-hydroxylation sites is 2. The van der Waals surface area contributed by atoms with E-state index in [9.17, 15) is 0 Å². The molecule has 1 aromatic heterocycles. The van der Waals surface area contributed by atoms with Crippen LogP contribution >= 0.6 is 11.8 Å². The van der Waals surface area contributed by atoms with Gasteiger partial charge >= 0.3 is 0 Å². The maximum absolute atomic E-state index is 4.86. The first-order valence-electron chi connectivity index (χ1n) is 7.90. The minimum atomic E-state index is 0.665. The Morgan fingerprint density at radius 1 is 1.05 bits per heavy atom. The summed E-state index contributed by atoms with van der Waals surface area (Å²) in [5.74, 6) is 2.75. The number of aromatic nitrogens is 2. The molecule has 0 N–H and O–H groups in total. The molecule has 3 rings (SSSR count). The Morgan fingerprint density at radius 2 is 1.77 bits per heavy atom. The van der Waals surface area contributed by atoms with Crippen LogP contribution in [0.25, 0.3) is 11.0 Å². The minimum Gasteiger partial charge on any atom is -0.327 e. The molecule has 0 aliphatic rings. The van der Waals surface area contributed by atoms with Crippen LogP contribution in [0.15, 0.2) is 59.5 Å². The van der Waals surface area contributed by atoms with Gasteiger partial charge in [-0.2, -0.15) is 0 Å². The monoisotopic (exact) mass is 310 g/mol. The fourth-order valence-corrected chi connectivity index (χ4v) is 3.41. The Hall–Kier alpha value is -1.74. The summed E-state index contributed by atoms with van der Waals surface area (Å²) in [6.45, 7) is 5.60. The molecule has 3 aromatic rings. The van der Waals surface area contributed by atoms with Gasteiger partial charge in [0.1, 0.15) is 5.82 Å². The first-order valence-corrected chi connectivity index (χ1v) is 8.88. The molecule has 0 bridgehead atoms.